The molecule has 4 rings (SSSR count). The highest BCUT2D eigenvalue weighted by molar-refractivity contribution is 7.98. The molecule has 7 nitrogen and oxygen atoms in total. The van der Waals surface area contributed by atoms with Gasteiger partial charge in [0.05, 0.1) is 17.6 Å². The Kier molecular flexibility index (Phi) is 4.03. The van der Waals surface area contributed by atoms with E-state index in [1.165, 1.54) is 11.8 Å². The molecule has 0 spiro atoms. The Bertz CT molecular complexity index is 844. The van der Waals surface area contributed by atoms with Crippen LogP contribution in [0.1, 0.15) is 5.69 Å². The normalized spacial score (nSPS) is 10.8. The first-order valence-corrected chi connectivity index (χ1v) is 8.20. The minimum absolute atomic E-state index is 0.479. The highest BCUT2D eigenvalue weighted by Crippen LogP contribution is 2.24. The average Bonchev–Trinajstić information content (AvgIpc) is 3.31. The Hall–Kier alpha value is -3.00. The summed E-state index contributed by atoms with van der Waals surface area (Å²) in [4.78, 5) is 5.57. The van der Waals surface area contributed by atoms with Gasteiger partial charge in [-0.2, -0.15) is 15.0 Å². The van der Waals surface area contributed by atoms with E-state index in [1.807, 2.05) is 42.5 Å². The zero-order chi connectivity index (χ0) is 16.2. The second kappa shape index (κ2) is 6.63. The highest BCUT2D eigenvalue weighted by Gasteiger charge is 2.10. The molecule has 0 aliphatic rings. The van der Waals surface area contributed by atoms with E-state index in [1.54, 1.807) is 23.4 Å². The van der Waals surface area contributed by atoms with Crippen LogP contribution in [0.2, 0.25) is 0 Å². The second-order valence-corrected chi connectivity index (χ2v) is 5.79. The fraction of sp³-hybridized carbons (Fsp3) is 0.0625. The summed E-state index contributed by atoms with van der Waals surface area (Å²) in [6.07, 6.45) is 5.11. The Morgan fingerprint density at radius 1 is 1.00 bits per heavy atom. The predicted molar refractivity (Wildman–Crippen MR) is 88.4 cm³/mol. The summed E-state index contributed by atoms with van der Waals surface area (Å²) in [7, 11) is 0. The van der Waals surface area contributed by atoms with Crippen molar-refractivity contribution < 1.29 is 4.42 Å². The van der Waals surface area contributed by atoms with E-state index < -0.39 is 0 Å². The lowest BCUT2D eigenvalue weighted by molar-refractivity contribution is 0.465. The molecule has 4 aromatic rings. The molecule has 24 heavy (non-hydrogen) atoms. The fourth-order valence-corrected chi connectivity index (χ4v) is 2.70. The quantitative estimate of drug-likeness (QED) is 0.518. The summed E-state index contributed by atoms with van der Waals surface area (Å²) in [5.41, 5.74) is 2.61. The molecule has 0 aliphatic carbocycles. The Balaban J connectivity index is 1.43. The number of rotatable bonds is 5. The molecular formula is C16H12N6OS. The maximum atomic E-state index is 5.64. The van der Waals surface area contributed by atoms with Crippen LogP contribution in [0.5, 0.6) is 0 Å². The SMILES string of the molecule is c1ccc(-n2ncc(CSc3nnc(-c4ccncc4)o3)n2)cc1. The van der Waals surface area contributed by atoms with Gasteiger partial charge in [0.2, 0.25) is 5.89 Å². The van der Waals surface area contributed by atoms with Gasteiger partial charge in [-0.3, -0.25) is 4.98 Å². The van der Waals surface area contributed by atoms with Crippen LogP contribution in [-0.2, 0) is 5.75 Å². The van der Waals surface area contributed by atoms with Crippen LogP contribution in [0.25, 0.3) is 17.1 Å². The van der Waals surface area contributed by atoms with Crippen molar-refractivity contribution in [3.63, 3.8) is 0 Å². The lowest BCUT2D eigenvalue weighted by Gasteiger charge is -1.97. The first-order valence-electron chi connectivity index (χ1n) is 7.22. The van der Waals surface area contributed by atoms with Crippen LogP contribution in [0.3, 0.4) is 0 Å². The van der Waals surface area contributed by atoms with Crippen LogP contribution < -0.4 is 0 Å². The van der Waals surface area contributed by atoms with Crippen molar-refractivity contribution in [2.45, 2.75) is 11.0 Å². The van der Waals surface area contributed by atoms with Crippen molar-refractivity contribution >= 4 is 11.8 Å². The van der Waals surface area contributed by atoms with E-state index >= 15 is 0 Å². The van der Waals surface area contributed by atoms with E-state index in [4.69, 9.17) is 4.42 Å². The third-order valence-electron chi connectivity index (χ3n) is 3.20. The Morgan fingerprint density at radius 3 is 2.67 bits per heavy atom. The number of hydrogen-bond acceptors (Lipinski definition) is 7. The first-order chi connectivity index (χ1) is 11.9. The van der Waals surface area contributed by atoms with Gasteiger partial charge in [0.15, 0.2) is 0 Å². The largest absolute Gasteiger partial charge is 0.411 e. The Labute approximate surface area is 141 Å². The van der Waals surface area contributed by atoms with Gasteiger partial charge in [-0.15, -0.1) is 10.2 Å². The number of para-hydroxylation sites is 1. The minimum atomic E-state index is 0.479. The summed E-state index contributed by atoms with van der Waals surface area (Å²) in [5, 5.41) is 17.3. The van der Waals surface area contributed by atoms with Crippen LogP contribution in [0.15, 0.2) is 70.7 Å². The molecule has 0 unspecified atom stereocenters. The molecule has 3 heterocycles. The number of hydrogen-bond donors (Lipinski definition) is 0. The van der Waals surface area contributed by atoms with Gasteiger partial charge in [-0.05, 0) is 24.3 Å². The summed E-state index contributed by atoms with van der Waals surface area (Å²) in [6, 6.07) is 13.4. The maximum absolute atomic E-state index is 5.64. The molecule has 0 N–H and O–H groups in total. The summed E-state index contributed by atoms with van der Waals surface area (Å²) < 4.78 is 5.64. The van der Waals surface area contributed by atoms with Crippen molar-refractivity contribution in [2.24, 2.45) is 0 Å². The molecule has 0 bridgehead atoms. The summed E-state index contributed by atoms with van der Waals surface area (Å²) in [6.45, 7) is 0. The fourth-order valence-electron chi connectivity index (χ4n) is 2.06. The maximum Gasteiger partial charge on any atom is 0.277 e. The van der Waals surface area contributed by atoms with Crippen molar-refractivity contribution in [3.05, 3.63) is 66.7 Å². The number of thioether (sulfide) groups is 1. The van der Waals surface area contributed by atoms with Crippen molar-refractivity contribution in [1.29, 1.82) is 0 Å². The van der Waals surface area contributed by atoms with E-state index in [9.17, 15) is 0 Å². The number of benzene rings is 1. The molecule has 0 aliphatic heterocycles. The van der Waals surface area contributed by atoms with E-state index in [0.717, 1.165) is 16.9 Å². The van der Waals surface area contributed by atoms with Gasteiger partial charge in [-0.25, -0.2) is 0 Å². The van der Waals surface area contributed by atoms with E-state index in [-0.39, 0.29) is 0 Å². The first kappa shape index (κ1) is 14.6. The lowest BCUT2D eigenvalue weighted by atomic mass is 10.3. The van der Waals surface area contributed by atoms with Crippen LogP contribution in [-0.4, -0.2) is 30.2 Å². The Morgan fingerprint density at radius 2 is 1.83 bits per heavy atom. The third-order valence-corrected chi connectivity index (χ3v) is 4.06. The van der Waals surface area contributed by atoms with Crippen molar-refractivity contribution in [2.75, 3.05) is 0 Å². The molecule has 8 heteroatoms. The lowest BCUT2D eigenvalue weighted by Crippen LogP contribution is -1.98. The number of pyridine rings is 1. The van der Waals surface area contributed by atoms with E-state index in [2.05, 4.69) is 25.4 Å². The topological polar surface area (TPSA) is 82.5 Å². The monoisotopic (exact) mass is 336 g/mol. The predicted octanol–water partition coefficient (Wildman–Crippen LogP) is 3.00. The van der Waals surface area contributed by atoms with Gasteiger partial charge in [0, 0.05) is 23.7 Å². The van der Waals surface area contributed by atoms with Crippen LogP contribution in [0, 0.1) is 0 Å². The zero-order valence-corrected chi connectivity index (χ0v) is 13.3. The molecule has 0 saturated heterocycles. The summed E-state index contributed by atoms with van der Waals surface area (Å²) in [5.74, 6) is 1.08. The summed E-state index contributed by atoms with van der Waals surface area (Å²) >= 11 is 1.43. The minimum Gasteiger partial charge on any atom is -0.411 e. The van der Waals surface area contributed by atoms with Crippen LogP contribution in [0.4, 0.5) is 0 Å². The van der Waals surface area contributed by atoms with Gasteiger partial charge in [-0.1, -0.05) is 30.0 Å². The molecule has 3 aromatic heterocycles. The van der Waals surface area contributed by atoms with Crippen molar-refractivity contribution in [1.82, 2.24) is 30.2 Å². The highest BCUT2D eigenvalue weighted by atomic mass is 32.2. The van der Waals surface area contributed by atoms with Gasteiger partial charge >= 0.3 is 0 Å². The number of aromatic nitrogens is 6. The molecule has 0 atom stereocenters. The van der Waals surface area contributed by atoms with Gasteiger partial charge in [0.1, 0.15) is 0 Å². The molecule has 0 radical (unpaired) electrons. The van der Waals surface area contributed by atoms with Gasteiger partial charge < -0.3 is 4.42 Å². The molecular weight excluding hydrogens is 324 g/mol. The zero-order valence-electron chi connectivity index (χ0n) is 12.5. The van der Waals surface area contributed by atoms with Gasteiger partial charge in [0.25, 0.3) is 5.22 Å². The van der Waals surface area contributed by atoms with Crippen LogP contribution >= 0.6 is 11.8 Å². The standard InChI is InChI=1S/C16H12N6OS/c1-2-4-14(5-3-1)22-18-10-13(21-22)11-24-16-20-19-15(23-16)12-6-8-17-9-7-12/h1-10H,11H2. The van der Waals surface area contributed by atoms with E-state index in [0.29, 0.717) is 16.9 Å². The average molecular weight is 336 g/mol. The smallest absolute Gasteiger partial charge is 0.277 e. The molecule has 1 aromatic carbocycles. The molecule has 0 amide bonds. The van der Waals surface area contributed by atoms with Crippen molar-refractivity contribution in [3.8, 4) is 17.1 Å². The number of nitrogens with zero attached hydrogens (tertiary/aromatic N) is 6. The third kappa shape index (κ3) is 3.18. The molecule has 118 valence electrons. The molecule has 0 fully saturated rings. The molecule has 0 saturated carbocycles. The second-order valence-electron chi connectivity index (χ2n) is 4.86.